The minimum absolute atomic E-state index is 0.0362. The number of esters is 1. The summed E-state index contributed by atoms with van der Waals surface area (Å²) in [4.78, 5) is 68.4. The largest absolute Gasteiger partial charge is 0.480 e. The number of carboxylic acids is 2. The first kappa shape index (κ1) is 39.6. The fourth-order valence-corrected chi connectivity index (χ4v) is 11.1. The highest BCUT2D eigenvalue weighted by Gasteiger charge is 2.63. The molecule has 1 aromatic heterocycles. The number of ether oxygens (including phenoxy) is 1. The molecule has 2 bridgehead atoms. The van der Waals surface area contributed by atoms with E-state index in [9.17, 15) is 39.3 Å². The normalized spacial score (nSPS) is 27.0. The number of hydrogen-bond acceptors (Lipinski definition) is 11. The van der Waals surface area contributed by atoms with E-state index in [0.717, 1.165) is 75.3 Å². The average molecular weight is 766 g/mol. The highest BCUT2D eigenvalue weighted by atomic mass is 32.2. The lowest BCUT2D eigenvalue weighted by atomic mass is 9.56. The van der Waals surface area contributed by atoms with Crippen LogP contribution in [-0.4, -0.2) is 92.6 Å². The molecule has 0 radical (unpaired) electrons. The maximum Gasteiger partial charge on any atom is 0.353 e. The van der Waals surface area contributed by atoms with Gasteiger partial charge in [0.05, 0.1) is 4.75 Å². The Labute approximate surface area is 319 Å². The summed E-state index contributed by atoms with van der Waals surface area (Å²) in [6.07, 6.45) is 17.6. The summed E-state index contributed by atoms with van der Waals surface area (Å²) >= 11 is 1.42. The number of aliphatic hydroxyl groups is 1. The van der Waals surface area contributed by atoms with Crippen molar-refractivity contribution in [2.45, 2.75) is 107 Å². The van der Waals surface area contributed by atoms with Crippen LogP contribution in [0.4, 0.5) is 0 Å². The van der Waals surface area contributed by atoms with Gasteiger partial charge in [-0.05, 0) is 80.7 Å². The topological polar surface area (TPSA) is 216 Å². The Morgan fingerprint density at radius 1 is 0.963 bits per heavy atom. The lowest BCUT2D eigenvalue weighted by molar-refractivity contribution is -0.151. The predicted octanol–water partition coefficient (Wildman–Crippen LogP) is 2.94. The Hall–Kier alpha value is -4.05. The van der Waals surface area contributed by atoms with E-state index in [2.05, 4.69) is 44.5 Å². The van der Waals surface area contributed by atoms with E-state index in [4.69, 9.17) is 4.74 Å². The molecule has 1 aromatic rings. The number of aromatic nitrogens is 1. The number of amides is 2. The van der Waals surface area contributed by atoms with Crippen molar-refractivity contribution in [2.75, 3.05) is 19.5 Å². The summed E-state index contributed by atoms with van der Waals surface area (Å²) in [5, 5.41) is 39.4. The molecule has 0 saturated heterocycles. The van der Waals surface area contributed by atoms with Crippen LogP contribution in [0.5, 0.6) is 0 Å². The lowest BCUT2D eigenvalue weighted by Gasteiger charge is -2.53. The Balaban J connectivity index is 1.35. The summed E-state index contributed by atoms with van der Waals surface area (Å²) in [5.74, 6) is -4.56. The second kappa shape index (κ2) is 16.8. The molecular formula is C39H51N5O9S. The van der Waals surface area contributed by atoms with Crippen molar-refractivity contribution in [1.82, 2.24) is 26.3 Å². The van der Waals surface area contributed by atoms with Crippen LogP contribution in [0.25, 0.3) is 0 Å². The number of fused-ring (bicyclic) bond motifs is 3. The molecule has 1 saturated carbocycles. The average Bonchev–Trinajstić information content (AvgIpc) is 3.77. The lowest BCUT2D eigenvalue weighted by Crippen LogP contribution is -2.54. The molecule has 2 amide bonds. The van der Waals surface area contributed by atoms with Crippen molar-refractivity contribution in [3.63, 3.8) is 0 Å². The van der Waals surface area contributed by atoms with Crippen LogP contribution in [0, 0.1) is 16.7 Å². The maximum absolute atomic E-state index is 14.0. The fourth-order valence-electron chi connectivity index (χ4n) is 9.33. The van der Waals surface area contributed by atoms with E-state index in [1.54, 1.807) is 19.4 Å². The standard InChI is InChI=1S/C39H51N5O9S/c1-40-23-42-27(34(48)49)7-8-29(45)43-28(32(46)44-33(47)35(50)51)22-54-39-16-15-37(11-3-2-4-12-38(39)13-5-6-14-38)21-25(19-24-9-17-41-18-10-24)20-26-30(37)31(39)53-36(26)52/h9-10,15-18,20,26-28,33,40,42,47H,2-8,11-14,19,21-23H2,1H3,(H,43,45)(H,44,46)(H,48,49)(H,50,51)/t26-,27-,28-,33-,37-,39-/m0/s1. The summed E-state index contributed by atoms with van der Waals surface area (Å²) in [6.45, 7) is 0.205. The number of aliphatic hydroxyl groups excluding tert-OH is 1. The second-order valence-electron chi connectivity index (χ2n) is 15.3. The van der Waals surface area contributed by atoms with Crippen LogP contribution in [0.15, 0.2) is 59.7 Å². The molecule has 4 aliphatic carbocycles. The third-order valence-electron chi connectivity index (χ3n) is 11.9. The number of thioether (sulfide) groups is 1. The quantitative estimate of drug-likeness (QED) is 0.0733. The van der Waals surface area contributed by atoms with E-state index >= 15 is 0 Å². The van der Waals surface area contributed by atoms with Gasteiger partial charge in [-0.2, -0.15) is 0 Å². The minimum atomic E-state index is -2.20. The summed E-state index contributed by atoms with van der Waals surface area (Å²) in [5.41, 5.74) is 2.56. The number of aliphatic carboxylic acids is 2. The van der Waals surface area contributed by atoms with Gasteiger partial charge in [-0.3, -0.25) is 29.5 Å². The molecule has 292 valence electrons. The molecule has 7 N–H and O–H groups in total. The van der Waals surface area contributed by atoms with Crippen molar-refractivity contribution in [1.29, 1.82) is 0 Å². The molecule has 54 heavy (non-hydrogen) atoms. The number of allylic oxidation sites excluding steroid dienone is 2. The van der Waals surface area contributed by atoms with Gasteiger partial charge in [0.15, 0.2) is 0 Å². The van der Waals surface area contributed by atoms with Gasteiger partial charge >= 0.3 is 17.9 Å². The molecule has 6 atom stereocenters. The molecule has 0 aromatic carbocycles. The fraction of sp³-hybridized carbons (Fsp3) is 0.590. The number of nitrogens with one attached hydrogen (secondary N) is 4. The van der Waals surface area contributed by atoms with Gasteiger partial charge in [0, 0.05) is 36.7 Å². The van der Waals surface area contributed by atoms with Crippen molar-refractivity contribution in [3.05, 3.63) is 65.2 Å². The minimum Gasteiger partial charge on any atom is -0.480 e. The third kappa shape index (κ3) is 8.00. The van der Waals surface area contributed by atoms with E-state index < -0.39 is 58.1 Å². The monoisotopic (exact) mass is 765 g/mol. The van der Waals surface area contributed by atoms with Crippen molar-refractivity contribution < 1.29 is 44.0 Å². The molecule has 1 fully saturated rings. The first-order chi connectivity index (χ1) is 25.9. The maximum atomic E-state index is 14.0. The van der Waals surface area contributed by atoms with Gasteiger partial charge in [-0.15, -0.1) is 11.8 Å². The van der Waals surface area contributed by atoms with E-state index in [0.29, 0.717) is 12.2 Å². The Kier molecular flexibility index (Phi) is 12.3. The Morgan fingerprint density at radius 2 is 1.67 bits per heavy atom. The number of carbonyl (C=O) groups excluding carboxylic acids is 3. The smallest absolute Gasteiger partial charge is 0.353 e. The SMILES string of the molecule is CNCN[C@@H](CCC(=O)N[C@@H](CS[C@]12C=C[C@@]3(CCCCCC14CCCC4)CC(Cc1ccncc1)=C[C@@H]1C(=O)OC2=C13)C(=O)N[C@@H](O)C(=O)O)C(=O)O. The Morgan fingerprint density at radius 3 is 2.35 bits per heavy atom. The molecule has 1 aliphatic heterocycles. The zero-order valence-corrected chi connectivity index (χ0v) is 31.4. The van der Waals surface area contributed by atoms with Crippen LogP contribution in [0.2, 0.25) is 0 Å². The molecule has 0 unspecified atom stereocenters. The molecule has 14 nitrogen and oxygen atoms in total. The van der Waals surface area contributed by atoms with Crippen molar-refractivity contribution >= 4 is 41.5 Å². The van der Waals surface area contributed by atoms with Crippen LogP contribution in [0.1, 0.15) is 82.6 Å². The molecule has 6 rings (SSSR count). The van der Waals surface area contributed by atoms with Crippen LogP contribution >= 0.6 is 11.8 Å². The van der Waals surface area contributed by atoms with Crippen LogP contribution in [0.3, 0.4) is 0 Å². The number of carboxylic acid groups (broad SMARTS) is 2. The second-order valence-corrected chi connectivity index (χ2v) is 16.6. The summed E-state index contributed by atoms with van der Waals surface area (Å²) in [7, 11) is 1.65. The van der Waals surface area contributed by atoms with Crippen LogP contribution in [-0.2, 0) is 35.1 Å². The molecule has 5 aliphatic rings. The number of hydrogen-bond donors (Lipinski definition) is 7. The molecular weight excluding hydrogens is 715 g/mol. The van der Waals surface area contributed by atoms with Gasteiger partial charge in [-0.25, -0.2) is 4.79 Å². The highest BCUT2D eigenvalue weighted by Crippen LogP contribution is 2.67. The van der Waals surface area contributed by atoms with Crippen LogP contribution < -0.4 is 21.3 Å². The van der Waals surface area contributed by atoms with Crippen molar-refractivity contribution in [2.24, 2.45) is 16.7 Å². The van der Waals surface area contributed by atoms with E-state index in [-0.39, 0.29) is 36.6 Å². The number of pyridine rings is 1. The number of carbonyl (C=O) groups is 5. The van der Waals surface area contributed by atoms with E-state index in [1.807, 2.05) is 12.1 Å². The first-order valence-corrected chi connectivity index (χ1v) is 19.9. The van der Waals surface area contributed by atoms with Gasteiger partial charge in [-0.1, -0.05) is 55.9 Å². The van der Waals surface area contributed by atoms with Gasteiger partial charge in [0.25, 0.3) is 0 Å². The predicted molar refractivity (Wildman–Crippen MR) is 199 cm³/mol. The van der Waals surface area contributed by atoms with Gasteiger partial charge in [0.1, 0.15) is 23.8 Å². The molecule has 2 heterocycles. The number of nitrogens with zero attached hydrogens (tertiary/aromatic N) is 1. The zero-order chi connectivity index (χ0) is 38.5. The van der Waals surface area contributed by atoms with Gasteiger partial charge < -0.3 is 36.0 Å². The third-order valence-corrected chi connectivity index (χ3v) is 13.6. The summed E-state index contributed by atoms with van der Waals surface area (Å²) in [6, 6.07) is 1.65. The van der Waals surface area contributed by atoms with Gasteiger partial charge in [0.2, 0.25) is 18.0 Å². The number of rotatable bonds is 16. The zero-order valence-electron chi connectivity index (χ0n) is 30.6. The van der Waals surface area contributed by atoms with Crippen molar-refractivity contribution in [3.8, 4) is 0 Å². The molecule has 2 spiro atoms. The van der Waals surface area contributed by atoms with E-state index in [1.165, 1.54) is 17.3 Å². The molecule has 15 heteroatoms. The highest BCUT2D eigenvalue weighted by molar-refractivity contribution is 8.01. The summed E-state index contributed by atoms with van der Waals surface area (Å²) < 4.78 is 5.60. The first-order valence-electron chi connectivity index (χ1n) is 18.9. The Bertz CT molecular complexity index is 1710.